The quantitative estimate of drug-likeness (QED) is 0.539. The van der Waals surface area contributed by atoms with Crippen LogP contribution in [0.5, 0.6) is 5.75 Å². The molecule has 1 N–H and O–H groups in total. The summed E-state index contributed by atoms with van der Waals surface area (Å²) in [5, 5.41) is 12.4. The van der Waals surface area contributed by atoms with Gasteiger partial charge < -0.3 is 19.6 Å². The second-order valence-electron chi connectivity index (χ2n) is 12.1. The van der Waals surface area contributed by atoms with Crippen LogP contribution >= 0.6 is 0 Å². The molecule has 2 fully saturated rings. The van der Waals surface area contributed by atoms with Crippen molar-refractivity contribution in [3.63, 3.8) is 0 Å². The first kappa shape index (κ1) is 26.4. The number of alkyl halides is 3. The standard InChI is InChI=1S/C31H35F3N2O3/c1-19(2)18-36(26(37)11-10-20-6-4-8-22(16-20)31(32,33)34)23-12-13-30(38)25-17-21-7-5-9-24-27(21)29(30,28(23)39-24)14-15-35(25)3/h4-11,16,19,23,25,28,38H,12-15,17-18H2,1-3H3/b11-10+/t23?,25-,28?,29+,30-/m1/s1. The smallest absolute Gasteiger partial charge is 0.416 e. The van der Waals surface area contributed by atoms with Crippen LogP contribution in [0.1, 0.15) is 55.4 Å². The van der Waals surface area contributed by atoms with Crippen LogP contribution in [-0.4, -0.2) is 64.7 Å². The van der Waals surface area contributed by atoms with Crippen LogP contribution in [0.25, 0.3) is 6.08 Å². The van der Waals surface area contributed by atoms with Gasteiger partial charge in [-0.1, -0.05) is 38.1 Å². The Labute approximate surface area is 227 Å². The topological polar surface area (TPSA) is 53.0 Å². The Morgan fingerprint density at radius 3 is 2.74 bits per heavy atom. The van der Waals surface area contributed by atoms with E-state index in [9.17, 15) is 23.1 Å². The summed E-state index contributed by atoms with van der Waals surface area (Å²) < 4.78 is 46.3. The predicted octanol–water partition coefficient (Wildman–Crippen LogP) is 5.06. The van der Waals surface area contributed by atoms with Gasteiger partial charge in [0, 0.05) is 24.2 Å². The molecule has 2 heterocycles. The third kappa shape index (κ3) is 3.93. The Kier molecular flexibility index (Phi) is 6.15. The maximum atomic E-state index is 13.8. The summed E-state index contributed by atoms with van der Waals surface area (Å²) in [5.74, 6) is 0.723. The van der Waals surface area contributed by atoms with Crippen molar-refractivity contribution in [1.82, 2.24) is 9.80 Å². The van der Waals surface area contributed by atoms with Crippen molar-refractivity contribution in [1.29, 1.82) is 0 Å². The highest BCUT2D eigenvalue weighted by atomic mass is 19.4. The van der Waals surface area contributed by atoms with Crippen LogP contribution in [0, 0.1) is 5.92 Å². The number of carbonyl (C=O) groups excluding carboxylic acids is 1. The predicted molar refractivity (Wildman–Crippen MR) is 142 cm³/mol. The molecular formula is C31H35F3N2O3. The highest BCUT2D eigenvalue weighted by molar-refractivity contribution is 5.92. The summed E-state index contributed by atoms with van der Waals surface area (Å²) in [5.41, 5.74) is 0.340. The molecule has 2 aliphatic heterocycles. The molecule has 1 spiro atoms. The van der Waals surface area contributed by atoms with E-state index in [0.717, 1.165) is 42.8 Å². The van der Waals surface area contributed by atoms with E-state index in [1.165, 1.54) is 23.8 Å². The summed E-state index contributed by atoms with van der Waals surface area (Å²) in [4.78, 5) is 17.9. The number of likely N-dealkylation sites (N-methyl/N-ethyl adjacent to an activating group) is 1. The number of benzene rings is 2. The van der Waals surface area contributed by atoms with Gasteiger partial charge in [0.15, 0.2) is 0 Å². The lowest BCUT2D eigenvalue weighted by molar-refractivity contribution is -0.197. The summed E-state index contributed by atoms with van der Waals surface area (Å²) in [7, 11) is 2.08. The molecule has 2 bridgehead atoms. The zero-order chi connectivity index (χ0) is 27.7. The van der Waals surface area contributed by atoms with Gasteiger partial charge >= 0.3 is 6.18 Å². The Bertz CT molecular complexity index is 1320. The number of aliphatic hydroxyl groups is 1. The fraction of sp³-hybridized carbons (Fsp3) is 0.516. The van der Waals surface area contributed by atoms with Crippen molar-refractivity contribution in [2.75, 3.05) is 20.1 Å². The van der Waals surface area contributed by atoms with Gasteiger partial charge in [-0.3, -0.25) is 4.79 Å². The molecule has 4 aliphatic rings. The van der Waals surface area contributed by atoms with Crippen molar-refractivity contribution in [2.45, 2.75) is 74.9 Å². The SMILES string of the molecule is CC(C)CN(C(=O)/C=C/c1cccc(C(F)(F)F)c1)C1CC[C@@]2(O)[C@H]3Cc4cccc5c4[C@@]2(CCN3C)C1O5. The first-order valence-corrected chi connectivity index (χ1v) is 13.8. The fourth-order valence-corrected chi connectivity index (χ4v) is 7.88. The van der Waals surface area contributed by atoms with Gasteiger partial charge in [-0.15, -0.1) is 0 Å². The average Bonchev–Trinajstić information content (AvgIpc) is 3.23. The zero-order valence-corrected chi connectivity index (χ0v) is 22.5. The molecule has 1 saturated heterocycles. The second kappa shape index (κ2) is 9.10. The molecule has 8 heteroatoms. The first-order valence-electron chi connectivity index (χ1n) is 13.8. The fourth-order valence-electron chi connectivity index (χ4n) is 7.88. The van der Waals surface area contributed by atoms with E-state index in [1.54, 1.807) is 6.07 Å². The summed E-state index contributed by atoms with van der Waals surface area (Å²) in [6.07, 6.45) is 0.646. The van der Waals surface area contributed by atoms with Crippen LogP contribution in [0.3, 0.4) is 0 Å². The van der Waals surface area contributed by atoms with E-state index in [4.69, 9.17) is 4.74 Å². The van der Waals surface area contributed by atoms with E-state index < -0.39 is 28.9 Å². The van der Waals surface area contributed by atoms with Gasteiger partial charge in [0.25, 0.3) is 0 Å². The maximum absolute atomic E-state index is 13.8. The zero-order valence-electron chi connectivity index (χ0n) is 22.5. The first-order chi connectivity index (χ1) is 18.5. The number of nitrogens with zero attached hydrogens (tertiary/aromatic N) is 2. The molecule has 1 amide bonds. The van der Waals surface area contributed by atoms with Gasteiger partial charge in [-0.25, -0.2) is 0 Å². The minimum absolute atomic E-state index is 0.0193. The van der Waals surface area contributed by atoms with Crippen LogP contribution < -0.4 is 4.74 Å². The Hall–Kier alpha value is -2.84. The minimum atomic E-state index is -4.45. The highest BCUT2D eigenvalue weighted by Gasteiger charge is 2.72. The largest absolute Gasteiger partial charge is 0.487 e. The molecule has 1 saturated carbocycles. The molecule has 39 heavy (non-hydrogen) atoms. The van der Waals surface area contributed by atoms with E-state index in [-0.39, 0.29) is 23.9 Å². The lowest BCUT2D eigenvalue weighted by atomic mass is 9.48. The van der Waals surface area contributed by atoms with Gasteiger partial charge in [-0.2, -0.15) is 13.2 Å². The third-order valence-corrected chi connectivity index (χ3v) is 9.47. The van der Waals surface area contributed by atoms with Gasteiger partial charge in [0.2, 0.25) is 5.91 Å². The Morgan fingerprint density at radius 2 is 2.00 bits per heavy atom. The van der Waals surface area contributed by atoms with E-state index in [2.05, 4.69) is 18.0 Å². The van der Waals surface area contributed by atoms with Crippen LogP contribution in [-0.2, 0) is 22.8 Å². The molecule has 5 nitrogen and oxygen atoms in total. The van der Waals surface area contributed by atoms with Crippen molar-refractivity contribution in [2.24, 2.45) is 5.92 Å². The number of likely N-dealkylation sites (tertiary alicyclic amines) is 1. The third-order valence-electron chi connectivity index (χ3n) is 9.47. The van der Waals surface area contributed by atoms with Crippen molar-refractivity contribution in [3.05, 3.63) is 70.8 Å². The van der Waals surface area contributed by atoms with Gasteiger partial charge in [0.05, 0.1) is 22.6 Å². The normalized spacial score (nSPS) is 31.3. The molecule has 6 rings (SSSR count). The van der Waals surface area contributed by atoms with Gasteiger partial charge in [-0.05, 0) is 80.6 Å². The molecule has 2 aromatic rings. The molecular weight excluding hydrogens is 505 g/mol. The number of carbonyl (C=O) groups is 1. The Balaban J connectivity index is 1.36. The van der Waals surface area contributed by atoms with Crippen molar-refractivity contribution in [3.8, 4) is 5.75 Å². The average molecular weight is 541 g/mol. The van der Waals surface area contributed by atoms with Crippen LogP contribution in [0.4, 0.5) is 13.2 Å². The number of hydrogen-bond acceptors (Lipinski definition) is 4. The summed E-state index contributed by atoms with van der Waals surface area (Å²) in [6, 6.07) is 10.8. The number of hydrogen-bond donors (Lipinski definition) is 1. The molecule has 208 valence electrons. The maximum Gasteiger partial charge on any atom is 0.416 e. The number of halogens is 3. The van der Waals surface area contributed by atoms with E-state index >= 15 is 0 Å². The van der Waals surface area contributed by atoms with E-state index in [0.29, 0.717) is 24.9 Å². The lowest BCUT2D eigenvalue weighted by Crippen LogP contribution is -2.78. The molecule has 2 aliphatic carbocycles. The minimum Gasteiger partial charge on any atom is -0.487 e. The van der Waals surface area contributed by atoms with Crippen molar-refractivity contribution < 1.29 is 27.8 Å². The summed E-state index contributed by atoms with van der Waals surface area (Å²) in [6.45, 7) is 5.41. The molecule has 0 aromatic heterocycles. The number of amides is 1. The Morgan fingerprint density at radius 1 is 1.23 bits per heavy atom. The molecule has 2 aromatic carbocycles. The molecule has 0 radical (unpaired) electrons. The van der Waals surface area contributed by atoms with Crippen LogP contribution in [0.2, 0.25) is 0 Å². The molecule has 5 atom stereocenters. The van der Waals surface area contributed by atoms with Gasteiger partial charge in [0.1, 0.15) is 11.9 Å². The van der Waals surface area contributed by atoms with E-state index in [1.807, 2.05) is 30.9 Å². The molecule has 2 unspecified atom stereocenters. The van der Waals surface area contributed by atoms with Crippen molar-refractivity contribution >= 4 is 12.0 Å². The number of piperidine rings is 1. The number of rotatable bonds is 5. The highest BCUT2D eigenvalue weighted by Crippen LogP contribution is 2.64. The lowest BCUT2D eigenvalue weighted by Gasteiger charge is -2.64. The summed E-state index contributed by atoms with van der Waals surface area (Å²) >= 11 is 0. The second-order valence-corrected chi connectivity index (χ2v) is 12.1. The van der Waals surface area contributed by atoms with Crippen LogP contribution in [0.15, 0.2) is 48.5 Å². The number of ether oxygens (including phenoxy) is 1. The monoisotopic (exact) mass is 540 g/mol.